The Hall–Kier alpha value is -2.42. The van der Waals surface area contributed by atoms with E-state index in [0.29, 0.717) is 43.2 Å². The van der Waals surface area contributed by atoms with Crippen LogP contribution in [-0.2, 0) is 6.54 Å². The highest BCUT2D eigenvalue weighted by molar-refractivity contribution is 5.96. The Labute approximate surface area is 163 Å². The second-order valence-corrected chi connectivity index (χ2v) is 6.05. The van der Waals surface area contributed by atoms with Gasteiger partial charge in [0.2, 0.25) is 0 Å². The molecular weight excluding hydrogens is 372 g/mol. The highest BCUT2D eigenvalue weighted by atomic mass is 35.5. The van der Waals surface area contributed by atoms with E-state index in [-0.39, 0.29) is 30.8 Å². The largest absolute Gasteiger partial charge is 0.467 e. The fraction of sp³-hybridized carbons (Fsp3) is 0.389. The number of hydrogen-bond donors (Lipinski definition) is 2. The van der Waals surface area contributed by atoms with Crippen LogP contribution in [0.5, 0.6) is 0 Å². The van der Waals surface area contributed by atoms with Crippen molar-refractivity contribution < 1.29 is 19.1 Å². The Kier molecular flexibility index (Phi) is 7.78. The van der Waals surface area contributed by atoms with Gasteiger partial charge in [0.1, 0.15) is 11.5 Å². The molecule has 1 fully saturated rings. The first-order valence-electron chi connectivity index (χ1n) is 8.56. The number of hydrogen-bond acceptors (Lipinski definition) is 6. The van der Waals surface area contributed by atoms with Crippen LogP contribution in [0.4, 0.5) is 0 Å². The van der Waals surface area contributed by atoms with Gasteiger partial charge in [-0.05, 0) is 24.3 Å². The maximum absolute atomic E-state index is 12.5. The normalized spacial score (nSPS) is 14.5. The molecule has 0 saturated carbocycles. The Balaban J connectivity index is 0.00000261. The summed E-state index contributed by atoms with van der Waals surface area (Å²) in [6.45, 7) is 3.72. The molecular formula is C18H23ClN4O4. The van der Waals surface area contributed by atoms with Crippen molar-refractivity contribution in [2.45, 2.75) is 6.54 Å². The summed E-state index contributed by atoms with van der Waals surface area (Å²) in [5.74, 6) is 0.250. The quantitative estimate of drug-likeness (QED) is 0.751. The molecule has 8 nitrogen and oxygen atoms in total. The van der Waals surface area contributed by atoms with Gasteiger partial charge in [-0.15, -0.1) is 12.4 Å². The fourth-order valence-electron chi connectivity index (χ4n) is 2.82. The van der Waals surface area contributed by atoms with Gasteiger partial charge in [0.15, 0.2) is 0 Å². The van der Waals surface area contributed by atoms with Crippen LogP contribution in [0.1, 0.15) is 26.6 Å². The van der Waals surface area contributed by atoms with Crippen molar-refractivity contribution in [2.24, 2.45) is 0 Å². The summed E-state index contributed by atoms with van der Waals surface area (Å²) < 4.78 is 5.16. The maximum atomic E-state index is 12.5. The number of amides is 2. The molecule has 0 atom stereocenters. The second kappa shape index (κ2) is 10.1. The number of carbonyl (C=O) groups is 2. The van der Waals surface area contributed by atoms with Crippen LogP contribution in [0.2, 0.25) is 0 Å². The van der Waals surface area contributed by atoms with Crippen LogP contribution in [0.15, 0.2) is 41.1 Å². The van der Waals surface area contributed by atoms with Crippen molar-refractivity contribution in [1.29, 1.82) is 0 Å². The predicted octanol–water partition coefficient (Wildman–Crippen LogP) is 0.776. The average Bonchev–Trinajstić information content (AvgIpc) is 3.20. The van der Waals surface area contributed by atoms with Crippen LogP contribution in [-0.4, -0.2) is 71.0 Å². The first kappa shape index (κ1) is 20.9. The lowest BCUT2D eigenvalue weighted by atomic mass is 10.2. The molecule has 2 N–H and O–H groups in total. The molecule has 0 spiro atoms. The number of nitrogens with one attached hydrogen (secondary N) is 1. The van der Waals surface area contributed by atoms with E-state index in [4.69, 9.17) is 9.52 Å². The Bertz CT molecular complexity index is 728. The molecule has 1 aliphatic heterocycles. The Morgan fingerprint density at radius 3 is 2.56 bits per heavy atom. The van der Waals surface area contributed by atoms with Crippen LogP contribution in [0, 0.1) is 0 Å². The number of halogens is 1. The van der Waals surface area contributed by atoms with Gasteiger partial charge >= 0.3 is 0 Å². The number of rotatable bonds is 6. The van der Waals surface area contributed by atoms with Gasteiger partial charge in [-0.3, -0.25) is 19.5 Å². The summed E-state index contributed by atoms with van der Waals surface area (Å²) in [5, 5.41) is 11.7. The van der Waals surface area contributed by atoms with E-state index in [2.05, 4.69) is 15.2 Å². The molecule has 0 radical (unpaired) electrons. The molecule has 2 amide bonds. The monoisotopic (exact) mass is 394 g/mol. The van der Waals surface area contributed by atoms with Crippen LogP contribution in [0.25, 0.3) is 0 Å². The van der Waals surface area contributed by atoms with Crippen molar-refractivity contribution in [3.8, 4) is 0 Å². The Morgan fingerprint density at radius 1 is 1.19 bits per heavy atom. The van der Waals surface area contributed by atoms with Gasteiger partial charge in [0, 0.05) is 38.9 Å². The molecule has 3 rings (SSSR count). The predicted molar refractivity (Wildman–Crippen MR) is 101 cm³/mol. The van der Waals surface area contributed by atoms with E-state index in [1.54, 1.807) is 35.4 Å². The topological polar surface area (TPSA) is 98.9 Å². The molecule has 9 heteroatoms. The summed E-state index contributed by atoms with van der Waals surface area (Å²) in [7, 11) is 0. The minimum atomic E-state index is -0.273. The van der Waals surface area contributed by atoms with Crippen molar-refractivity contribution in [3.05, 3.63) is 53.7 Å². The molecule has 0 aliphatic carbocycles. The first-order chi connectivity index (χ1) is 12.7. The summed E-state index contributed by atoms with van der Waals surface area (Å²) in [6.07, 6.45) is 2.96. The molecule has 27 heavy (non-hydrogen) atoms. The fourth-order valence-corrected chi connectivity index (χ4v) is 2.82. The molecule has 0 bridgehead atoms. The number of aromatic nitrogens is 1. The summed E-state index contributed by atoms with van der Waals surface area (Å²) in [5.41, 5.74) is 0.712. The van der Waals surface area contributed by atoms with Gasteiger partial charge in [-0.1, -0.05) is 0 Å². The van der Waals surface area contributed by atoms with Crippen molar-refractivity contribution in [3.63, 3.8) is 0 Å². The number of piperazine rings is 1. The number of nitrogens with zero attached hydrogens (tertiary/aromatic N) is 3. The third kappa shape index (κ3) is 5.53. The molecule has 1 aliphatic rings. The number of furan rings is 1. The van der Waals surface area contributed by atoms with Gasteiger partial charge in [0.05, 0.1) is 25.0 Å². The zero-order valence-electron chi connectivity index (χ0n) is 14.8. The van der Waals surface area contributed by atoms with Gasteiger partial charge in [0.25, 0.3) is 11.8 Å². The lowest BCUT2D eigenvalue weighted by molar-refractivity contribution is 0.0609. The Morgan fingerprint density at radius 2 is 1.96 bits per heavy atom. The lowest BCUT2D eigenvalue weighted by Gasteiger charge is -2.34. The standard InChI is InChI=1S/C18H22N4O4.ClH/c23-10-9-21-5-7-22(8-6-21)18(25)16-4-3-14(12-19-16)17(24)20-13-15-2-1-11-26-15;/h1-4,11-12,23H,5-10,13H2,(H,20,24);1H. The molecule has 146 valence electrons. The number of carbonyl (C=O) groups excluding carboxylic acids is 2. The summed E-state index contributed by atoms with van der Waals surface area (Å²) in [4.78, 5) is 32.6. The first-order valence-corrected chi connectivity index (χ1v) is 8.56. The zero-order valence-corrected chi connectivity index (χ0v) is 15.7. The van der Waals surface area contributed by atoms with Gasteiger partial charge < -0.3 is 19.7 Å². The third-order valence-electron chi connectivity index (χ3n) is 4.32. The highest BCUT2D eigenvalue weighted by Crippen LogP contribution is 2.08. The molecule has 2 aromatic rings. The van der Waals surface area contributed by atoms with Gasteiger partial charge in [-0.2, -0.15) is 0 Å². The van der Waals surface area contributed by atoms with Crippen molar-refractivity contribution >= 4 is 24.2 Å². The molecule has 0 unspecified atom stereocenters. The van der Waals surface area contributed by atoms with E-state index in [1.807, 2.05) is 0 Å². The zero-order chi connectivity index (χ0) is 18.4. The number of β-amino-alcohol motifs (C(OH)–C–C–N with tert-alkyl or cyclic N) is 1. The summed E-state index contributed by atoms with van der Waals surface area (Å²) >= 11 is 0. The van der Waals surface area contributed by atoms with Crippen molar-refractivity contribution in [2.75, 3.05) is 39.3 Å². The average molecular weight is 395 g/mol. The van der Waals surface area contributed by atoms with Crippen LogP contribution < -0.4 is 5.32 Å². The van der Waals surface area contributed by atoms with Gasteiger partial charge in [-0.25, -0.2) is 0 Å². The molecule has 2 aromatic heterocycles. The van der Waals surface area contributed by atoms with E-state index in [1.165, 1.54) is 6.20 Å². The molecule has 1 saturated heterocycles. The maximum Gasteiger partial charge on any atom is 0.272 e. The van der Waals surface area contributed by atoms with E-state index in [9.17, 15) is 9.59 Å². The highest BCUT2D eigenvalue weighted by Gasteiger charge is 2.22. The SMILES string of the molecule is Cl.O=C(NCc1ccco1)c1ccc(C(=O)N2CCN(CCO)CC2)nc1. The lowest BCUT2D eigenvalue weighted by Crippen LogP contribution is -2.49. The number of aliphatic hydroxyl groups is 1. The minimum Gasteiger partial charge on any atom is -0.467 e. The minimum absolute atomic E-state index is 0. The van der Waals surface area contributed by atoms with Crippen molar-refractivity contribution in [1.82, 2.24) is 20.1 Å². The van der Waals surface area contributed by atoms with E-state index >= 15 is 0 Å². The molecule has 3 heterocycles. The third-order valence-corrected chi connectivity index (χ3v) is 4.32. The molecule has 0 aromatic carbocycles. The van der Waals surface area contributed by atoms with Crippen LogP contribution in [0.3, 0.4) is 0 Å². The number of aliphatic hydroxyl groups excluding tert-OH is 1. The number of pyridine rings is 1. The second-order valence-electron chi connectivity index (χ2n) is 6.05. The smallest absolute Gasteiger partial charge is 0.272 e. The van der Waals surface area contributed by atoms with E-state index in [0.717, 1.165) is 13.1 Å². The summed E-state index contributed by atoms with van der Waals surface area (Å²) in [6, 6.07) is 6.71. The van der Waals surface area contributed by atoms with E-state index < -0.39 is 0 Å². The van der Waals surface area contributed by atoms with Crippen LogP contribution >= 0.6 is 12.4 Å².